The Morgan fingerprint density at radius 2 is 2.10 bits per heavy atom. The number of fused-ring (bicyclic) bond motifs is 1. The number of aromatic nitrogens is 1. The zero-order chi connectivity index (χ0) is 14.5. The van der Waals surface area contributed by atoms with E-state index in [1.807, 2.05) is 25.8 Å². The van der Waals surface area contributed by atoms with Crippen molar-refractivity contribution in [3.05, 3.63) is 18.2 Å². The monoisotopic (exact) mass is 274 g/mol. The van der Waals surface area contributed by atoms with Gasteiger partial charge in [0, 0.05) is 25.8 Å². The molecule has 0 spiro atoms. The maximum Gasteiger partial charge on any atom is 0.299 e. The molecule has 1 aromatic carbocycles. The quantitative estimate of drug-likeness (QED) is 0.797. The summed E-state index contributed by atoms with van der Waals surface area (Å²) in [6, 6.07) is 5.81. The van der Waals surface area contributed by atoms with Crippen LogP contribution in [0.4, 0.5) is 11.7 Å². The number of rotatable bonds is 1. The number of nitrogens with zero attached hydrogens (tertiary/aromatic N) is 3. The molecule has 1 aliphatic rings. The van der Waals surface area contributed by atoms with E-state index in [1.54, 1.807) is 23.1 Å². The molecule has 2 N–H and O–H groups in total. The lowest BCUT2D eigenvalue weighted by atomic mass is 9.98. The van der Waals surface area contributed by atoms with Gasteiger partial charge in [0.05, 0.1) is 0 Å². The van der Waals surface area contributed by atoms with Crippen LogP contribution in [-0.2, 0) is 4.79 Å². The van der Waals surface area contributed by atoms with Crippen molar-refractivity contribution in [3.8, 4) is 0 Å². The summed E-state index contributed by atoms with van der Waals surface area (Å²) < 4.78 is 5.77. The average molecular weight is 274 g/mol. The van der Waals surface area contributed by atoms with Gasteiger partial charge in [0.25, 0.3) is 6.01 Å². The molecule has 0 atom stereocenters. The minimum Gasteiger partial charge on any atom is -0.423 e. The molecule has 1 aliphatic heterocycles. The number of carbonyl (C=O) groups is 1. The molecule has 0 unspecified atom stereocenters. The number of nitrogens with two attached hydrogens (primary N) is 1. The lowest BCUT2D eigenvalue weighted by molar-refractivity contribution is -0.136. The highest BCUT2D eigenvalue weighted by Crippen LogP contribution is 2.31. The van der Waals surface area contributed by atoms with E-state index in [2.05, 4.69) is 4.98 Å². The SMILES string of the molecule is CN1CCN(c2nc3cc(N)ccc3o2)C(C)(C)C1=O. The van der Waals surface area contributed by atoms with Gasteiger partial charge in [0.1, 0.15) is 11.1 Å². The van der Waals surface area contributed by atoms with Crippen molar-refractivity contribution in [1.29, 1.82) is 0 Å². The van der Waals surface area contributed by atoms with Crippen molar-refractivity contribution in [1.82, 2.24) is 9.88 Å². The maximum absolute atomic E-state index is 12.3. The van der Waals surface area contributed by atoms with Crippen LogP contribution >= 0.6 is 0 Å². The standard InChI is InChI=1S/C14H18N4O2/c1-14(2)12(19)17(3)6-7-18(14)13-16-10-8-9(15)4-5-11(10)20-13/h4-5,8H,6-7,15H2,1-3H3. The van der Waals surface area contributed by atoms with Crippen molar-refractivity contribution in [3.63, 3.8) is 0 Å². The van der Waals surface area contributed by atoms with E-state index >= 15 is 0 Å². The fourth-order valence-corrected chi connectivity index (χ4v) is 2.60. The van der Waals surface area contributed by atoms with E-state index < -0.39 is 5.54 Å². The number of hydrogen-bond donors (Lipinski definition) is 1. The molecule has 1 aromatic heterocycles. The van der Waals surface area contributed by atoms with Crippen LogP contribution in [0, 0.1) is 0 Å². The van der Waals surface area contributed by atoms with Gasteiger partial charge in [-0.05, 0) is 32.0 Å². The van der Waals surface area contributed by atoms with Crippen LogP contribution in [0.15, 0.2) is 22.6 Å². The number of nitrogen functional groups attached to an aromatic ring is 1. The van der Waals surface area contributed by atoms with Gasteiger partial charge in [-0.1, -0.05) is 0 Å². The lowest BCUT2D eigenvalue weighted by Gasteiger charge is -2.43. The smallest absolute Gasteiger partial charge is 0.299 e. The number of likely N-dealkylation sites (N-methyl/N-ethyl adjacent to an activating group) is 1. The topological polar surface area (TPSA) is 75.6 Å². The van der Waals surface area contributed by atoms with Crippen LogP contribution in [0.25, 0.3) is 11.1 Å². The third-order valence-corrected chi connectivity index (χ3v) is 3.84. The fraction of sp³-hybridized carbons (Fsp3) is 0.429. The number of oxazole rings is 1. The first-order chi connectivity index (χ1) is 9.39. The van der Waals surface area contributed by atoms with E-state index in [4.69, 9.17) is 10.2 Å². The number of hydrogen-bond acceptors (Lipinski definition) is 5. The Hall–Kier alpha value is -2.24. The van der Waals surface area contributed by atoms with Gasteiger partial charge in [-0.2, -0.15) is 4.98 Å². The molecule has 20 heavy (non-hydrogen) atoms. The van der Waals surface area contributed by atoms with Gasteiger partial charge >= 0.3 is 0 Å². The van der Waals surface area contributed by atoms with Gasteiger partial charge in [-0.25, -0.2) is 0 Å². The highest BCUT2D eigenvalue weighted by Gasteiger charge is 2.42. The fourth-order valence-electron chi connectivity index (χ4n) is 2.60. The summed E-state index contributed by atoms with van der Waals surface area (Å²) in [5.74, 6) is 0.0607. The van der Waals surface area contributed by atoms with E-state index in [0.29, 0.717) is 35.9 Å². The molecular formula is C14H18N4O2. The summed E-state index contributed by atoms with van der Waals surface area (Å²) in [5.41, 5.74) is 7.11. The van der Waals surface area contributed by atoms with Crippen LogP contribution < -0.4 is 10.6 Å². The molecule has 3 rings (SSSR count). The molecule has 2 heterocycles. The average Bonchev–Trinajstić information content (AvgIpc) is 2.78. The van der Waals surface area contributed by atoms with Crippen LogP contribution in [0.5, 0.6) is 0 Å². The molecule has 1 amide bonds. The van der Waals surface area contributed by atoms with Crippen LogP contribution in [0.3, 0.4) is 0 Å². The summed E-state index contributed by atoms with van der Waals surface area (Å²) in [4.78, 5) is 20.4. The molecule has 1 fully saturated rings. The Morgan fingerprint density at radius 1 is 1.35 bits per heavy atom. The third kappa shape index (κ3) is 1.79. The number of piperazine rings is 1. The van der Waals surface area contributed by atoms with E-state index in [0.717, 1.165) is 0 Å². The normalized spacial score (nSPS) is 18.9. The summed E-state index contributed by atoms with van der Waals surface area (Å²) in [6.07, 6.45) is 0. The Balaban J connectivity index is 2.04. The molecule has 6 heteroatoms. The molecule has 0 bridgehead atoms. The lowest BCUT2D eigenvalue weighted by Crippen LogP contribution is -2.62. The molecule has 0 radical (unpaired) electrons. The summed E-state index contributed by atoms with van der Waals surface area (Å²) >= 11 is 0. The second-order valence-electron chi connectivity index (χ2n) is 5.66. The number of amides is 1. The molecular weight excluding hydrogens is 256 g/mol. The van der Waals surface area contributed by atoms with Gasteiger partial charge in [0.15, 0.2) is 5.58 Å². The van der Waals surface area contributed by atoms with Crippen molar-refractivity contribution >= 4 is 28.7 Å². The predicted octanol–water partition coefficient (Wildman–Crippen LogP) is 1.47. The molecule has 106 valence electrons. The van der Waals surface area contributed by atoms with Crippen molar-refractivity contribution in [2.24, 2.45) is 0 Å². The van der Waals surface area contributed by atoms with Crippen molar-refractivity contribution in [2.45, 2.75) is 19.4 Å². The number of carbonyl (C=O) groups excluding carboxylic acids is 1. The molecule has 0 saturated carbocycles. The van der Waals surface area contributed by atoms with Crippen molar-refractivity contribution in [2.75, 3.05) is 30.8 Å². The summed E-state index contributed by atoms with van der Waals surface area (Å²) in [6.45, 7) is 5.11. The largest absolute Gasteiger partial charge is 0.423 e. The molecule has 1 saturated heterocycles. The van der Waals surface area contributed by atoms with Gasteiger partial charge in [-0.15, -0.1) is 0 Å². The minimum absolute atomic E-state index is 0.0607. The zero-order valence-corrected chi connectivity index (χ0v) is 11.9. The second kappa shape index (κ2) is 4.13. The van der Waals surface area contributed by atoms with E-state index in [1.165, 1.54) is 0 Å². The molecule has 6 nitrogen and oxygen atoms in total. The Bertz CT molecular complexity index is 677. The highest BCUT2D eigenvalue weighted by molar-refractivity contribution is 5.90. The van der Waals surface area contributed by atoms with Crippen LogP contribution in [0.2, 0.25) is 0 Å². The first-order valence-corrected chi connectivity index (χ1v) is 6.59. The molecule has 2 aromatic rings. The van der Waals surface area contributed by atoms with Gasteiger partial charge in [0.2, 0.25) is 5.91 Å². The van der Waals surface area contributed by atoms with Crippen LogP contribution in [-0.4, -0.2) is 41.5 Å². The van der Waals surface area contributed by atoms with Gasteiger partial charge in [-0.3, -0.25) is 4.79 Å². The highest BCUT2D eigenvalue weighted by atomic mass is 16.4. The van der Waals surface area contributed by atoms with Gasteiger partial charge < -0.3 is 20.0 Å². The summed E-state index contributed by atoms with van der Waals surface area (Å²) in [5, 5.41) is 0. The third-order valence-electron chi connectivity index (χ3n) is 3.84. The number of benzene rings is 1. The number of anilines is 2. The predicted molar refractivity (Wildman–Crippen MR) is 77.5 cm³/mol. The van der Waals surface area contributed by atoms with E-state index in [9.17, 15) is 4.79 Å². The van der Waals surface area contributed by atoms with Crippen LogP contribution in [0.1, 0.15) is 13.8 Å². The van der Waals surface area contributed by atoms with E-state index in [-0.39, 0.29) is 5.91 Å². The Labute approximate surface area is 117 Å². The van der Waals surface area contributed by atoms with Crippen molar-refractivity contribution < 1.29 is 9.21 Å². The molecule has 0 aliphatic carbocycles. The Morgan fingerprint density at radius 3 is 2.85 bits per heavy atom. The second-order valence-corrected chi connectivity index (χ2v) is 5.66. The first-order valence-electron chi connectivity index (χ1n) is 6.59. The maximum atomic E-state index is 12.3. The first kappa shape index (κ1) is 12.8. The Kier molecular flexibility index (Phi) is 2.64. The zero-order valence-electron chi connectivity index (χ0n) is 11.9. The summed E-state index contributed by atoms with van der Waals surface area (Å²) in [7, 11) is 1.81. The minimum atomic E-state index is -0.667.